The number of hydrogen-bond acceptors (Lipinski definition) is 7. The molecular weight excluding hydrogens is 430 g/mol. The van der Waals surface area contributed by atoms with Crippen LogP contribution in [0.1, 0.15) is 48.0 Å². The molecule has 1 aliphatic heterocycles. The average Bonchev–Trinajstić information content (AvgIpc) is 3.19. The summed E-state index contributed by atoms with van der Waals surface area (Å²) in [5, 5.41) is 17.7. The molecule has 9 nitrogen and oxygen atoms in total. The third-order valence-electron chi connectivity index (χ3n) is 5.92. The Bertz CT molecular complexity index is 1200. The van der Waals surface area contributed by atoms with Crippen LogP contribution < -0.4 is 16.0 Å². The zero-order chi connectivity index (χ0) is 24.3. The number of aliphatic hydroxyl groups is 1. The van der Waals surface area contributed by atoms with Gasteiger partial charge in [0.1, 0.15) is 11.3 Å². The highest BCUT2D eigenvalue weighted by Gasteiger charge is 2.24. The molecule has 0 unspecified atom stereocenters. The number of rotatable bonds is 8. The number of fused-ring (bicyclic) bond motifs is 1. The lowest BCUT2D eigenvalue weighted by Crippen LogP contribution is -2.72. The zero-order valence-corrected chi connectivity index (χ0v) is 20.1. The molecule has 0 aliphatic carbocycles. The fourth-order valence-electron chi connectivity index (χ4n) is 3.91. The highest BCUT2D eigenvalue weighted by molar-refractivity contribution is 5.97. The molecule has 0 spiro atoms. The van der Waals surface area contributed by atoms with E-state index in [4.69, 9.17) is 0 Å². The lowest BCUT2D eigenvalue weighted by molar-refractivity contribution is -0.483. The number of nitrogens with two attached hydrogens (primary N) is 1. The SMILES string of the molecule is CCNC(=O)c1cnc(Nc2ccc3c(c2)CN(C)C3)nc1[NH2+]c1ccnc(C(C)(C)CO)c1. The summed E-state index contributed by atoms with van der Waals surface area (Å²) < 4.78 is 0. The number of aromatic nitrogens is 3. The molecule has 0 saturated heterocycles. The van der Waals surface area contributed by atoms with Gasteiger partial charge in [-0.05, 0) is 37.2 Å². The van der Waals surface area contributed by atoms with E-state index in [0.717, 1.165) is 30.2 Å². The summed E-state index contributed by atoms with van der Waals surface area (Å²) in [5.74, 6) is 0.685. The number of nitrogens with zero attached hydrogens (tertiary/aromatic N) is 4. The van der Waals surface area contributed by atoms with Crippen molar-refractivity contribution in [2.75, 3.05) is 25.5 Å². The molecule has 1 amide bonds. The van der Waals surface area contributed by atoms with Crippen molar-refractivity contribution in [2.45, 2.75) is 39.3 Å². The number of amides is 1. The highest BCUT2D eigenvalue weighted by atomic mass is 16.3. The van der Waals surface area contributed by atoms with Crippen LogP contribution >= 0.6 is 0 Å². The maximum atomic E-state index is 12.7. The molecule has 34 heavy (non-hydrogen) atoms. The smallest absolute Gasteiger partial charge is 0.260 e. The number of carbonyl (C=O) groups is 1. The van der Waals surface area contributed by atoms with Gasteiger partial charge in [-0.25, -0.2) is 4.98 Å². The van der Waals surface area contributed by atoms with Gasteiger partial charge < -0.3 is 15.7 Å². The van der Waals surface area contributed by atoms with Crippen LogP contribution in [-0.2, 0) is 18.5 Å². The summed E-state index contributed by atoms with van der Waals surface area (Å²) >= 11 is 0. The predicted octanol–water partition coefficient (Wildman–Crippen LogP) is 2.11. The normalized spacial score (nSPS) is 13.6. The van der Waals surface area contributed by atoms with Crippen molar-refractivity contribution in [1.29, 1.82) is 0 Å². The van der Waals surface area contributed by atoms with Gasteiger partial charge in [0, 0.05) is 49.1 Å². The topological polar surface area (TPSA) is 120 Å². The molecule has 0 saturated carbocycles. The van der Waals surface area contributed by atoms with Crippen molar-refractivity contribution in [3.63, 3.8) is 0 Å². The van der Waals surface area contributed by atoms with Gasteiger partial charge in [0.25, 0.3) is 5.91 Å². The Balaban J connectivity index is 1.64. The largest absolute Gasteiger partial charge is 0.395 e. The van der Waals surface area contributed by atoms with Crippen LogP contribution in [0.3, 0.4) is 0 Å². The average molecular weight is 463 g/mol. The van der Waals surface area contributed by atoms with Gasteiger partial charge in [-0.2, -0.15) is 4.98 Å². The van der Waals surface area contributed by atoms with E-state index in [9.17, 15) is 9.90 Å². The minimum atomic E-state index is -0.480. The summed E-state index contributed by atoms with van der Waals surface area (Å²) in [6.07, 6.45) is 3.25. The molecular formula is C25H32N7O2+. The van der Waals surface area contributed by atoms with Crippen LogP contribution in [-0.4, -0.2) is 51.1 Å². The van der Waals surface area contributed by atoms with Crippen molar-refractivity contribution in [1.82, 2.24) is 25.2 Å². The van der Waals surface area contributed by atoms with Crippen molar-refractivity contribution in [3.05, 3.63) is 65.1 Å². The summed E-state index contributed by atoms with van der Waals surface area (Å²) in [4.78, 5) is 28.4. The van der Waals surface area contributed by atoms with Crippen LogP contribution in [0.4, 0.5) is 23.1 Å². The summed E-state index contributed by atoms with van der Waals surface area (Å²) in [5.41, 5.74) is 5.03. The second kappa shape index (κ2) is 9.84. The number of carbonyl (C=O) groups excluding carboxylic acids is 1. The van der Waals surface area contributed by atoms with Crippen molar-refractivity contribution < 1.29 is 15.2 Å². The molecule has 5 N–H and O–H groups in total. The van der Waals surface area contributed by atoms with Crippen molar-refractivity contribution in [2.24, 2.45) is 0 Å². The second-order valence-corrected chi connectivity index (χ2v) is 9.29. The monoisotopic (exact) mass is 462 g/mol. The third kappa shape index (κ3) is 5.22. The Morgan fingerprint density at radius 2 is 1.97 bits per heavy atom. The van der Waals surface area contributed by atoms with E-state index < -0.39 is 5.41 Å². The molecule has 9 heteroatoms. The van der Waals surface area contributed by atoms with E-state index in [0.29, 0.717) is 23.9 Å². The maximum Gasteiger partial charge on any atom is 0.260 e. The van der Waals surface area contributed by atoms with Gasteiger partial charge in [-0.3, -0.25) is 20.0 Å². The van der Waals surface area contributed by atoms with Gasteiger partial charge >= 0.3 is 0 Å². The third-order valence-corrected chi connectivity index (χ3v) is 5.92. The van der Waals surface area contributed by atoms with E-state index in [2.05, 4.69) is 49.7 Å². The first-order chi connectivity index (χ1) is 16.3. The Kier molecular flexibility index (Phi) is 6.87. The van der Waals surface area contributed by atoms with Gasteiger partial charge in [-0.15, -0.1) is 0 Å². The van der Waals surface area contributed by atoms with Crippen LogP contribution in [0.2, 0.25) is 0 Å². The van der Waals surface area contributed by atoms with E-state index in [-0.39, 0.29) is 12.5 Å². The van der Waals surface area contributed by atoms with Crippen molar-refractivity contribution in [3.8, 4) is 0 Å². The van der Waals surface area contributed by atoms with Gasteiger partial charge in [-0.1, -0.05) is 19.9 Å². The summed E-state index contributed by atoms with van der Waals surface area (Å²) in [6.45, 7) is 8.08. The lowest BCUT2D eigenvalue weighted by Gasteiger charge is -2.20. The Hall–Kier alpha value is -3.40. The van der Waals surface area contributed by atoms with Gasteiger partial charge in [0.05, 0.1) is 18.5 Å². The molecule has 3 aromatic rings. The Morgan fingerprint density at radius 3 is 2.74 bits per heavy atom. The molecule has 178 valence electrons. The fourth-order valence-corrected chi connectivity index (χ4v) is 3.91. The van der Waals surface area contributed by atoms with E-state index in [1.807, 2.05) is 44.3 Å². The number of aliphatic hydroxyl groups excluding tert-OH is 1. The van der Waals surface area contributed by atoms with E-state index in [1.54, 1.807) is 12.4 Å². The number of anilines is 2. The molecule has 0 atom stereocenters. The van der Waals surface area contributed by atoms with E-state index >= 15 is 0 Å². The predicted molar refractivity (Wildman–Crippen MR) is 131 cm³/mol. The minimum absolute atomic E-state index is 0.0221. The number of quaternary nitrogens is 1. The molecule has 0 fully saturated rings. The van der Waals surface area contributed by atoms with Crippen LogP contribution in [0.15, 0.2) is 42.7 Å². The quantitative estimate of drug-likeness (QED) is 0.405. The molecule has 2 aromatic heterocycles. The zero-order valence-electron chi connectivity index (χ0n) is 20.1. The van der Waals surface area contributed by atoms with Crippen molar-refractivity contribution >= 4 is 29.0 Å². The standard InChI is InChI=1S/C25H31N7O2/c1-5-26-23(34)20-12-28-24(30-18-7-6-16-13-32(4)14-17(16)10-18)31-22(20)29-19-8-9-27-21(11-19)25(2,3)15-33/h6-12,33H,5,13-15H2,1-4H3,(H,26,34)(H2,27,28,29,30,31)/p+1. The summed E-state index contributed by atoms with van der Waals surface area (Å²) in [6, 6.07) is 10.0. The number of nitrogens with one attached hydrogen (secondary N) is 2. The number of benzene rings is 1. The second-order valence-electron chi connectivity index (χ2n) is 9.29. The molecule has 0 bridgehead atoms. The molecule has 1 aliphatic rings. The van der Waals surface area contributed by atoms with Crippen LogP contribution in [0.5, 0.6) is 0 Å². The molecule has 3 heterocycles. The number of hydrogen-bond donors (Lipinski definition) is 4. The highest BCUT2D eigenvalue weighted by Crippen LogP contribution is 2.26. The van der Waals surface area contributed by atoms with E-state index in [1.165, 1.54) is 11.1 Å². The summed E-state index contributed by atoms with van der Waals surface area (Å²) in [7, 11) is 2.10. The first-order valence-corrected chi connectivity index (χ1v) is 11.4. The first kappa shape index (κ1) is 23.7. The fraction of sp³-hybridized carbons (Fsp3) is 0.360. The Morgan fingerprint density at radius 1 is 1.18 bits per heavy atom. The Labute approximate surface area is 199 Å². The minimum Gasteiger partial charge on any atom is -0.395 e. The lowest BCUT2D eigenvalue weighted by atomic mass is 9.90. The van der Waals surface area contributed by atoms with Gasteiger partial charge in [0.15, 0.2) is 0 Å². The number of pyridine rings is 1. The van der Waals surface area contributed by atoms with Crippen LogP contribution in [0, 0.1) is 0 Å². The maximum absolute atomic E-state index is 12.7. The molecule has 4 rings (SSSR count). The molecule has 1 aromatic carbocycles. The first-order valence-electron chi connectivity index (χ1n) is 11.4. The van der Waals surface area contributed by atoms with Crippen LogP contribution in [0.25, 0.3) is 0 Å². The molecule has 0 radical (unpaired) electrons. The van der Waals surface area contributed by atoms with Gasteiger partial charge in [0.2, 0.25) is 11.8 Å².